The van der Waals surface area contributed by atoms with Crippen LogP contribution in [0, 0.1) is 0 Å². The molecule has 1 heterocycles. The van der Waals surface area contributed by atoms with Crippen LogP contribution in [-0.2, 0) is 0 Å². The van der Waals surface area contributed by atoms with Crippen LogP contribution in [0.5, 0.6) is 0 Å². The number of carbonyl (C=O) groups is 1. The Morgan fingerprint density at radius 2 is 1.86 bits per heavy atom. The first-order chi connectivity index (χ1) is 10.1. The van der Waals surface area contributed by atoms with Gasteiger partial charge >= 0.3 is 0 Å². The third-order valence-electron chi connectivity index (χ3n) is 3.74. The van der Waals surface area contributed by atoms with Crippen LogP contribution >= 0.6 is 15.9 Å². The molecule has 0 fully saturated rings. The van der Waals surface area contributed by atoms with Crippen molar-refractivity contribution in [3.63, 3.8) is 0 Å². The summed E-state index contributed by atoms with van der Waals surface area (Å²) in [5, 5.41) is 0. The third kappa shape index (κ3) is 2.49. The molecule has 108 valence electrons. The van der Waals surface area contributed by atoms with E-state index in [-0.39, 0.29) is 5.91 Å². The number of likely N-dealkylation sites (N-methyl/N-ethyl adjacent to an activating group) is 1. The maximum Gasteiger partial charge on any atom is 0.258 e. The van der Waals surface area contributed by atoms with E-state index >= 15 is 0 Å². The van der Waals surface area contributed by atoms with Gasteiger partial charge in [-0.15, -0.1) is 0 Å². The Hall–Kier alpha value is -2.01. The molecule has 0 aromatic heterocycles. The Morgan fingerprint density at radius 1 is 1.14 bits per heavy atom. The number of nitrogen functional groups attached to an aromatic ring is 1. The van der Waals surface area contributed by atoms with Crippen LogP contribution in [0.25, 0.3) is 0 Å². The minimum absolute atomic E-state index is 0.00347. The molecule has 0 spiro atoms. The number of hydrogen-bond acceptors (Lipinski definition) is 3. The second-order valence-corrected chi connectivity index (χ2v) is 5.96. The van der Waals surface area contributed by atoms with Gasteiger partial charge in [0, 0.05) is 35.9 Å². The second kappa shape index (κ2) is 5.41. The highest BCUT2D eigenvalue weighted by Gasteiger charge is 2.25. The van der Waals surface area contributed by atoms with Gasteiger partial charge in [0.1, 0.15) is 0 Å². The van der Waals surface area contributed by atoms with Crippen LogP contribution in [0.3, 0.4) is 0 Å². The summed E-state index contributed by atoms with van der Waals surface area (Å²) in [4.78, 5) is 16.8. The molecule has 3 rings (SSSR count). The molecule has 0 atom stereocenters. The number of fused-ring (bicyclic) bond motifs is 1. The number of anilines is 3. The number of rotatable bonds is 1. The van der Waals surface area contributed by atoms with Crippen LogP contribution in [0.1, 0.15) is 10.4 Å². The van der Waals surface area contributed by atoms with Gasteiger partial charge in [-0.05, 0) is 46.3 Å². The van der Waals surface area contributed by atoms with E-state index in [4.69, 9.17) is 5.73 Å². The highest BCUT2D eigenvalue weighted by atomic mass is 79.9. The van der Waals surface area contributed by atoms with Gasteiger partial charge in [0.2, 0.25) is 0 Å². The van der Waals surface area contributed by atoms with E-state index < -0.39 is 0 Å². The molecular weight excluding hydrogens is 330 g/mol. The average molecular weight is 346 g/mol. The lowest BCUT2D eigenvalue weighted by Gasteiger charge is -2.35. The fourth-order valence-corrected chi connectivity index (χ4v) is 2.91. The first kappa shape index (κ1) is 13.9. The zero-order valence-electron chi connectivity index (χ0n) is 11.7. The molecule has 2 aromatic rings. The van der Waals surface area contributed by atoms with Gasteiger partial charge in [-0.2, -0.15) is 0 Å². The van der Waals surface area contributed by atoms with Gasteiger partial charge in [0.15, 0.2) is 0 Å². The maximum atomic E-state index is 12.8. The molecule has 4 nitrogen and oxygen atoms in total. The van der Waals surface area contributed by atoms with Crippen LogP contribution in [0.4, 0.5) is 17.1 Å². The summed E-state index contributed by atoms with van der Waals surface area (Å²) in [5.74, 6) is -0.00347. The Morgan fingerprint density at radius 3 is 2.57 bits per heavy atom. The Bertz CT molecular complexity index is 702. The van der Waals surface area contributed by atoms with Gasteiger partial charge in [-0.3, -0.25) is 4.79 Å². The summed E-state index contributed by atoms with van der Waals surface area (Å²) in [6.07, 6.45) is 0. The molecule has 1 amide bonds. The first-order valence-corrected chi connectivity index (χ1v) is 7.54. The molecule has 0 bridgehead atoms. The molecule has 0 radical (unpaired) electrons. The van der Waals surface area contributed by atoms with Crippen molar-refractivity contribution in [3.05, 3.63) is 52.5 Å². The van der Waals surface area contributed by atoms with Crippen LogP contribution < -0.4 is 15.5 Å². The van der Waals surface area contributed by atoms with E-state index in [0.29, 0.717) is 17.8 Å². The van der Waals surface area contributed by atoms with Crippen molar-refractivity contribution in [2.75, 3.05) is 35.7 Å². The van der Waals surface area contributed by atoms with Gasteiger partial charge < -0.3 is 15.5 Å². The summed E-state index contributed by atoms with van der Waals surface area (Å²) < 4.78 is 0.746. The zero-order valence-corrected chi connectivity index (χ0v) is 13.3. The lowest BCUT2D eigenvalue weighted by molar-refractivity contribution is 0.0986. The number of benzene rings is 2. The van der Waals surface area contributed by atoms with E-state index in [9.17, 15) is 4.79 Å². The van der Waals surface area contributed by atoms with Gasteiger partial charge in [-0.1, -0.05) is 12.1 Å². The first-order valence-electron chi connectivity index (χ1n) is 6.75. The molecule has 2 N–H and O–H groups in total. The molecule has 0 aliphatic carbocycles. The molecule has 5 heteroatoms. The molecule has 0 saturated heterocycles. The number of halogens is 1. The summed E-state index contributed by atoms with van der Waals surface area (Å²) in [6.45, 7) is 1.49. The lowest BCUT2D eigenvalue weighted by Crippen LogP contribution is -2.42. The number of amides is 1. The Kier molecular flexibility index (Phi) is 3.59. The Labute approximate surface area is 132 Å². The van der Waals surface area contributed by atoms with Crippen molar-refractivity contribution in [3.8, 4) is 0 Å². The van der Waals surface area contributed by atoms with Crippen LogP contribution in [-0.4, -0.2) is 26.0 Å². The zero-order chi connectivity index (χ0) is 15.0. The molecular formula is C16H16BrN3O. The van der Waals surface area contributed by atoms with Crippen molar-refractivity contribution >= 4 is 38.9 Å². The predicted molar refractivity (Wildman–Crippen MR) is 89.9 cm³/mol. The van der Waals surface area contributed by atoms with Gasteiger partial charge in [0.05, 0.1) is 11.4 Å². The maximum absolute atomic E-state index is 12.8. The van der Waals surface area contributed by atoms with Crippen LogP contribution in [0.2, 0.25) is 0 Å². The lowest BCUT2D eigenvalue weighted by atomic mass is 10.1. The third-order valence-corrected chi connectivity index (χ3v) is 4.42. The van der Waals surface area contributed by atoms with Crippen LogP contribution in [0.15, 0.2) is 46.9 Å². The second-order valence-electron chi connectivity index (χ2n) is 5.10. The fourth-order valence-electron chi connectivity index (χ4n) is 2.53. The highest BCUT2D eigenvalue weighted by molar-refractivity contribution is 9.10. The number of nitrogens with two attached hydrogens (primary N) is 1. The minimum atomic E-state index is -0.00347. The normalized spacial score (nSPS) is 14.0. The number of carbonyl (C=O) groups excluding carboxylic acids is 1. The number of para-hydroxylation sites is 2. The summed E-state index contributed by atoms with van der Waals surface area (Å²) in [7, 11) is 2.04. The van der Waals surface area contributed by atoms with Crippen molar-refractivity contribution in [2.45, 2.75) is 0 Å². The van der Waals surface area contributed by atoms with E-state index in [1.165, 1.54) is 0 Å². The van der Waals surface area contributed by atoms with Crippen molar-refractivity contribution in [2.24, 2.45) is 0 Å². The number of nitrogens with zero attached hydrogens (tertiary/aromatic N) is 2. The topological polar surface area (TPSA) is 49.6 Å². The van der Waals surface area contributed by atoms with Crippen molar-refractivity contribution in [1.82, 2.24) is 0 Å². The van der Waals surface area contributed by atoms with E-state index in [0.717, 1.165) is 22.4 Å². The quantitative estimate of drug-likeness (QED) is 0.807. The summed E-state index contributed by atoms with van der Waals surface area (Å²) in [6, 6.07) is 13.3. The van der Waals surface area contributed by atoms with E-state index in [1.54, 1.807) is 18.2 Å². The summed E-state index contributed by atoms with van der Waals surface area (Å²) in [5.41, 5.74) is 9.07. The Balaban J connectivity index is 1.99. The van der Waals surface area contributed by atoms with Crippen molar-refractivity contribution < 1.29 is 4.79 Å². The highest BCUT2D eigenvalue weighted by Crippen LogP contribution is 2.33. The summed E-state index contributed by atoms with van der Waals surface area (Å²) >= 11 is 3.38. The molecule has 1 aliphatic heterocycles. The number of hydrogen-bond donors (Lipinski definition) is 1. The fraction of sp³-hybridized carbons (Fsp3) is 0.188. The standard InChI is InChI=1S/C16H16BrN3O/c1-19-8-9-20(15-5-3-2-4-14(15)19)16(21)11-6-7-13(18)12(17)10-11/h2-7,10H,8-9,18H2,1H3. The van der Waals surface area contributed by atoms with Crippen molar-refractivity contribution in [1.29, 1.82) is 0 Å². The van der Waals surface area contributed by atoms with Gasteiger partial charge in [-0.25, -0.2) is 0 Å². The minimum Gasteiger partial charge on any atom is -0.398 e. The molecule has 1 aliphatic rings. The molecule has 2 aromatic carbocycles. The monoisotopic (exact) mass is 345 g/mol. The smallest absolute Gasteiger partial charge is 0.258 e. The van der Waals surface area contributed by atoms with E-state index in [1.807, 2.05) is 36.2 Å². The SMILES string of the molecule is CN1CCN(C(=O)c2ccc(N)c(Br)c2)c2ccccc21. The van der Waals surface area contributed by atoms with E-state index in [2.05, 4.69) is 20.8 Å². The molecule has 0 unspecified atom stereocenters. The average Bonchev–Trinajstić information content (AvgIpc) is 2.50. The predicted octanol–water partition coefficient (Wildman–Crippen LogP) is 3.13. The molecule has 21 heavy (non-hydrogen) atoms. The largest absolute Gasteiger partial charge is 0.398 e. The molecule has 0 saturated carbocycles. The van der Waals surface area contributed by atoms with Gasteiger partial charge in [0.25, 0.3) is 5.91 Å².